The third-order valence-corrected chi connectivity index (χ3v) is 4.07. The summed E-state index contributed by atoms with van der Waals surface area (Å²) in [6.45, 7) is 0.579. The number of nitrogens with one attached hydrogen (secondary N) is 1. The molecule has 3 rings (SSSR count). The van der Waals surface area contributed by atoms with Crippen molar-refractivity contribution < 1.29 is 19.1 Å². The van der Waals surface area contributed by atoms with Gasteiger partial charge in [-0.05, 0) is 42.5 Å². The molecule has 1 aliphatic heterocycles. The molecule has 1 fully saturated rings. The fourth-order valence-corrected chi connectivity index (χ4v) is 2.72. The van der Waals surface area contributed by atoms with E-state index in [1.54, 1.807) is 55.6 Å². The molecule has 0 aromatic heterocycles. The quantitative estimate of drug-likeness (QED) is 0.889. The average molecular weight is 361 g/mol. The smallest absolute Gasteiger partial charge is 0.414 e. The molecule has 0 saturated carbocycles. The first kappa shape index (κ1) is 17.1. The van der Waals surface area contributed by atoms with Gasteiger partial charge in [-0.3, -0.25) is 9.69 Å². The van der Waals surface area contributed by atoms with E-state index in [0.717, 1.165) is 0 Å². The fraction of sp³-hybridized carbons (Fsp3) is 0.222. The third-order valence-electron chi connectivity index (χ3n) is 3.84. The molecule has 0 aliphatic carbocycles. The van der Waals surface area contributed by atoms with Crippen molar-refractivity contribution in [3.05, 3.63) is 59.1 Å². The lowest BCUT2D eigenvalue weighted by Crippen LogP contribution is -2.34. The number of methoxy groups -OCH3 is 1. The van der Waals surface area contributed by atoms with Crippen molar-refractivity contribution in [1.29, 1.82) is 0 Å². The molecule has 0 bridgehead atoms. The number of rotatable bonds is 5. The first-order valence-electron chi connectivity index (χ1n) is 7.73. The molecule has 1 N–H and O–H groups in total. The van der Waals surface area contributed by atoms with Crippen molar-refractivity contribution in [2.24, 2.45) is 0 Å². The SMILES string of the molecule is COc1ccc(C(=O)NCC2CN(c3cccc(Cl)c3)C(=O)O2)cc1. The van der Waals surface area contributed by atoms with Crippen molar-refractivity contribution in [2.45, 2.75) is 6.10 Å². The molecule has 2 amide bonds. The molecule has 1 heterocycles. The third kappa shape index (κ3) is 4.03. The van der Waals surface area contributed by atoms with Gasteiger partial charge >= 0.3 is 6.09 Å². The van der Waals surface area contributed by atoms with E-state index in [1.807, 2.05) is 0 Å². The Bertz CT molecular complexity index is 779. The Hall–Kier alpha value is -2.73. The second kappa shape index (κ2) is 7.44. The minimum absolute atomic E-state index is 0.230. The van der Waals surface area contributed by atoms with Crippen LogP contribution in [0.4, 0.5) is 10.5 Å². The number of hydrogen-bond donors (Lipinski definition) is 1. The van der Waals surface area contributed by atoms with Crippen molar-refractivity contribution in [2.75, 3.05) is 25.1 Å². The number of nitrogens with zero attached hydrogens (tertiary/aromatic N) is 1. The molecule has 1 atom stereocenters. The second-order valence-electron chi connectivity index (χ2n) is 5.53. The van der Waals surface area contributed by atoms with Gasteiger partial charge in [-0.15, -0.1) is 0 Å². The summed E-state index contributed by atoms with van der Waals surface area (Å²) in [5.41, 5.74) is 1.18. The van der Waals surface area contributed by atoms with Gasteiger partial charge in [0.2, 0.25) is 0 Å². The minimum Gasteiger partial charge on any atom is -0.497 e. The standard InChI is InChI=1S/C18H17ClN2O4/c1-24-15-7-5-12(6-8-15)17(22)20-10-16-11-21(18(23)25-16)14-4-2-3-13(19)9-14/h2-9,16H,10-11H2,1H3,(H,20,22). The lowest BCUT2D eigenvalue weighted by Gasteiger charge is -2.13. The zero-order chi connectivity index (χ0) is 17.8. The Morgan fingerprint density at radius 2 is 2.08 bits per heavy atom. The summed E-state index contributed by atoms with van der Waals surface area (Å²) in [6.07, 6.45) is -0.875. The summed E-state index contributed by atoms with van der Waals surface area (Å²) in [7, 11) is 1.56. The van der Waals surface area contributed by atoms with Crippen LogP contribution in [-0.2, 0) is 4.74 Å². The lowest BCUT2D eigenvalue weighted by atomic mass is 10.2. The monoisotopic (exact) mass is 360 g/mol. The molecule has 1 unspecified atom stereocenters. The molecule has 130 valence electrons. The Kier molecular flexibility index (Phi) is 5.09. The highest BCUT2D eigenvalue weighted by Gasteiger charge is 2.32. The van der Waals surface area contributed by atoms with E-state index in [-0.39, 0.29) is 12.5 Å². The average Bonchev–Trinajstić information content (AvgIpc) is 3.00. The van der Waals surface area contributed by atoms with Gasteiger partial charge in [-0.25, -0.2) is 4.79 Å². The number of amides is 2. The molecule has 2 aromatic rings. The topological polar surface area (TPSA) is 67.9 Å². The molecule has 2 aromatic carbocycles. The molecular formula is C18H17ClN2O4. The summed E-state index contributed by atoms with van der Waals surface area (Å²) in [4.78, 5) is 25.7. The summed E-state index contributed by atoms with van der Waals surface area (Å²) < 4.78 is 10.4. The van der Waals surface area contributed by atoms with E-state index in [1.165, 1.54) is 4.90 Å². The summed E-state index contributed by atoms with van der Waals surface area (Å²) >= 11 is 5.95. The number of carbonyl (C=O) groups excluding carboxylic acids is 2. The lowest BCUT2D eigenvalue weighted by molar-refractivity contribution is 0.0916. The zero-order valence-corrected chi connectivity index (χ0v) is 14.3. The van der Waals surface area contributed by atoms with E-state index in [4.69, 9.17) is 21.1 Å². The number of cyclic esters (lactones) is 1. The van der Waals surface area contributed by atoms with Crippen molar-refractivity contribution >= 4 is 29.3 Å². The zero-order valence-electron chi connectivity index (χ0n) is 13.6. The predicted molar refractivity (Wildman–Crippen MR) is 94.4 cm³/mol. The van der Waals surface area contributed by atoms with Crippen LogP contribution in [0.3, 0.4) is 0 Å². The minimum atomic E-state index is -0.453. The highest BCUT2D eigenvalue weighted by Crippen LogP contribution is 2.24. The van der Waals surface area contributed by atoms with Gasteiger partial charge in [-0.2, -0.15) is 0 Å². The van der Waals surface area contributed by atoms with E-state index < -0.39 is 12.2 Å². The van der Waals surface area contributed by atoms with Crippen LogP contribution in [0.25, 0.3) is 0 Å². The van der Waals surface area contributed by atoms with Crippen molar-refractivity contribution in [3.63, 3.8) is 0 Å². The molecule has 1 aliphatic rings. The maximum Gasteiger partial charge on any atom is 0.414 e. The first-order chi connectivity index (χ1) is 12.1. The summed E-state index contributed by atoms with van der Waals surface area (Å²) in [5.74, 6) is 0.443. The van der Waals surface area contributed by atoms with Crippen LogP contribution in [0.2, 0.25) is 5.02 Å². The number of carbonyl (C=O) groups is 2. The van der Waals surface area contributed by atoms with E-state index in [2.05, 4.69) is 5.32 Å². The van der Waals surface area contributed by atoms with Crippen LogP contribution < -0.4 is 15.0 Å². The summed E-state index contributed by atoms with van der Waals surface area (Å²) in [6, 6.07) is 13.8. The summed E-state index contributed by atoms with van der Waals surface area (Å²) in [5, 5.41) is 3.32. The van der Waals surface area contributed by atoms with Gasteiger partial charge in [0, 0.05) is 16.3 Å². The van der Waals surface area contributed by atoms with Crippen LogP contribution in [-0.4, -0.2) is 38.3 Å². The largest absolute Gasteiger partial charge is 0.497 e. The predicted octanol–water partition coefficient (Wildman–Crippen LogP) is 3.10. The van der Waals surface area contributed by atoms with E-state index in [9.17, 15) is 9.59 Å². The number of benzene rings is 2. The van der Waals surface area contributed by atoms with Crippen molar-refractivity contribution in [1.82, 2.24) is 5.32 Å². The molecule has 6 nitrogen and oxygen atoms in total. The van der Waals surface area contributed by atoms with E-state index in [0.29, 0.717) is 28.6 Å². The Morgan fingerprint density at radius 3 is 2.76 bits per heavy atom. The first-order valence-corrected chi connectivity index (χ1v) is 8.10. The van der Waals surface area contributed by atoms with Crippen LogP contribution >= 0.6 is 11.6 Å². The normalized spacial score (nSPS) is 16.5. The van der Waals surface area contributed by atoms with Crippen LogP contribution in [0.5, 0.6) is 5.75 Å². The Morgan fingerprint density at radius 1 is 1.32 bits per heavy atom. The number of ether oxygens (including phenoxy) is 2. The Labute approximate surface area is 150 Å². The fourth-order valence-electron chi connectivity index (χ4n) is 2.53. The van der Waals surface area contributed by atoms with Gasteiger partial charge in [0.1, 0.15) is 11.9 Å². The molecule has 0 radical (unpaired) electrons. The van der Waals surface area contributed by atoms with Crippen molar-refractivity contribution in [3.8, 4) is 5.75 Å². The highest BCUT2D eigenvalue weighted by atomic mass is 35.5. The molecular weight excluding hydrogens is 344 g/mol. The van der Waals surface area contributed by atoms with Crippen LogP contribution in [0.1, 0.15) is 10.4 Å². The molecule has 7 heteroatoms. The second-order valence-corrected chi connectivity index (χ2v) is 5.97. The van der Waals surface area contributed by atoms with E-state index >= 15 is 0 Å². The van der Waals surface area contributed by atoms with Gasteiger partial charge in [-0.1, -0.05) is 17.7 Å². The molecule has 25 heavy (non-hydrogen) atoms. The van der Waals surface area contributed by atoms with Gasteiger partial charge in [0.25, 0.3) is 5.91 Å². The Balaban J connectivity index is 1.57. The van der Waals surface area contributed by atoms with Gasteiger partial charge in [0.15, 0.2) is 0 Å². The van der Waals surface area contributed by atoms with Crippen LogP contribution in [0, 0.1) is 0 Å². The van der Waals surface area contributed by atoms with Gasteiger partial charge < -0.3 is 14.8 Å². The molecule has 0 spiro atoms. The number of halogens is 1. The highest BCUT2D eigenvalue weighted by molar-refractivity contribution is 6.30. The van der Waals surface area contributed by atoms with Gasteiger partial charge in [0.05, 0.1) is 20.2 Å². The molecule has 1 saturated heterocycles. The number of anilines is 1. The number of hydrogen-bond acceptors (Lipinski definition) is 4. The maximum atomic E-state index is 12.2. The van der Waals surface area contributed by atoms with Crippen LogP contribution in [0.15, 0.2) is 48.5 Å². The maximum absolute atomic E-state index is 12.2.